The molecule has 0 saturated heterocycles. The molecule has 0 aromatic heterocycles. The SMILES string of the molecule is O=C(Nc1cccc(O)c1)OCCBr. The third kappa shape index (κ3) is 3.66. The van der Waals surface area contributed by atoms with E-state index < -0.39 is 6.09 Å². The van der Waals surface area contributed by atoms with Crippen LogP contribution in [-0.2, 0) is 4.74 Å². The number of alkyl halides is 1. The number of phenols is 1. The summed E-state index contributed by atoms with van der Waals surface area (Å²) in [5.41, 5.74) is 0.504. The first-order valence-corrected chi connectivity index (χ1v) is 5.13. The molecule has 4 nitrogen and oxygen atoms in total. The highest BCUT2D eigenvalue weighted by Crippen LogP contribution is 2.15. The monoisotopic (exact) mass is 259 g/mol. The molecule has 0 bridgehead atoms. The molecule has 0 atom stereocenters. The molecule has 0 aliphatic heterocycles. The quantitative estimate of drug-likeness (QED) is 0.820. The molecule has 0 radical (unpaired) electrons. The molecular formula is C9H10BrNO3. The maximum Gasteiger partial charge on any atom is 0.411 e. The molecular weight excluding hydrogens is 250 g/mol. The number of benzene rings is 1. The van der Waals surface area contributed by atoms with Crippen molar-refractivity contribution in [2.45, 2.75) is 0 Å². The number of halogens is 1. The first-order valence-electron chi connectivity index (χ1n) is 4.01. The zero-order valence-corrected chi connectivity index (χ0v) is 8.95. The fourth-order valence-electron chi connectivity index (χ4n) is 0.869. The van der Waals surface area contributed by atoms with Gasteiger partial charge in [0.25, 0.3) is 0 Å². The molecule has 0 fully saturated rings. The van der Waals surface area contributed by atoms with E-state index in [1.54, 1.807) is 12.1 Å². The predicted octanol–water partition coefficient (Wildman–Crippen LogP) is 2.34. The van der Waals surface area contributed by atoms with Crippen molar-refractivity contribution in [3.8, 4) is 5.75 Å². The summed E-state index contributed by atoms with van der Waals surface area (Å²) in [6.45, 7) is 0.310. The normalized spacial score (nSPS) is 9.50. The number of rotatable bonds is 3. The van der Waals surface area contributed by atoms with Crippen LogP contribution in [0.15, 0.2) is 24.3 Å². The minimum absolute atomic E-state index is 0.100. The van der Waals surface area contributed by atoms with Crippen molar-refractivity contribution in [3.05, 3.63) is 24.3 Å². The predicted molar refractivity (Wildman–Crippen MR) is 56.9 cm³/mol. The summed E-state index contributed by atoms with van der Waals surface area (Å²) in [6.07, 6.45) is -0.532. The lowest BCUT2D eigenvalue weighted by molar-refractivity contribution is 0.169. The molecule has 0 heterocycles. The number of hydrogen-bond acceptors (Lipinski definition) is 3. The topological polar surface area (TPSA) is 58.6 Å². The number of nitrogens with one attached hydrogen (secondary N) is 1. The summed E-state index contributed by atoms with van der Waals surface area (Å²) >= 11 is 3.13. The van der Waals surface area contributed by atoms with Gasteiger partial charge in [-0.3, -0.25) is 5.32 Å². The fourth-order valence-corrected chi connectivity index (χ4v) is 1.03. The van der Waals surface area contributed by atoms with Crippen LogP contribution in [0.4, 0.5) is 10.5 Å². The van der Waals surface area contributed by atoms with Crippen molar-refractivity contribution >= 4 is 27.7 Å². The minimum atomic E-state index is -0.532. The molecule has 1 amide bonds. The largest absolute Gasteiger partial charge is 0.508 e. The van der Waals surface area contributed by atoms with Crippen molar-refractivity contribution < 1.29 is 14.6 Å². The van der Waals surface area contributed by atoms with Gasteiger partial charge in [-0.15, -0.1) is 0 Å². The van der Waals surface area contributed by atoms with E-state index in [1.807, 2.05) is 0 Å². The Labute approximate surface area is 90.0 Å². The number of ether oxygens (including phenoxy) is 1. The Kier molecular flexibility index (Phi) is 4.25. The van der Waals surface area contributed by atoms with Crippen LogP contribution >= 0.6 is 15.9 Å². The lowest BCUT2D eigenvalue weighted by Gasteiger charge is -2.05. The third-order valence-electron chi connectivity index (χ3n) is 1.40. The Bertz CT molecular complexity index is 317. The average molecular weight is 260 g/mol. The van der Waals surface area contributed by atoms with Crippen molar-refractivity contribution in [1.82, 2.24) is 0 Å². The van der Waals surface area contributed by atoms with Crippen LogP contribution in [-0.4, -0.2) is 23.1 Å². The number of anilines is 1. The van der Waals surface area contributed by atoms with Crippen molar-refractivity contribution in [2.24, 2.45) is 0 Å². The van der Waals surface area contributed by atoms with Crippen LogP contribution < -0.4 is 5.32 Å². The zero-order valence-electron chi connectivity index (χ0n) is 7.37. The van der Waals surface area contributed by atoms with Crippen LogP contribution in [0.5, 0.6) is 5.75 Å². The first kappa shape index (κ1) is 10.8. The van der Waals surface area contributed by atoms with E-state index in [4.69, 9.17) is 9.84 Å². The van der Waals surface area contributed by atoms with Gasteiger partial charge in [-0.1, -0.05) is 22.0 Å². The van der Waals surface area contributed by atoms with E-state index in [0.29, 0.717) is 17.6 Å². The Morgan fingerprint density at radius 3 is 3.00 bits per heavy atom. The summed E-state index contributed by atoms with van der Waals surface area (Å²) in [5.74, 6) is 0.100. The third-order valence-corrected chi connectivity index (χ3v) is 1.73. The molecule has 1 aromatic carbocycles. The maximum atomic E-state index is 11.0. The van der Waals surface area contributed by atoms with Gasteiger partial charge in [0, 0.05) is 17.1 Å². The highest BCUT2D eigenvalue weighted by molar-refractivity contribution is 9.09. The molecule has 5 heteroatoms. The van der Waals surface area contributed by atoms with Gasteiger partial charge < -0.3 is 9.84 Å². The van der Waals surface area contributed by atoms with Crippen molar-refractivity contribution in [1.29, 1.82) is 0 Å². The Balaban J connectivity index is 2.47. The van der Waals surface area contributed by atoms with E-state index in [1.165, 1.54) is 12.1 Å². The van der Waals surface area contributed by atoms with Gasteiger partial charge in [0.1, 0.15) is 12.4 Å². The first-order chi connectivity index (χ1) is 6.72. The summed E-state index contributed by atoms with van der Waals surface area (Å²) in [4.78, 5) is 11.0. The van der Waals surface area contributed by atoms with Crippen LogP contribution in [0.2, 0.25) is 0 Å². The molecule has 14 heavy (non-hydrogen) atoms. The molecule has 2 N–H and O–H groups in total. The summed E-state index contributed by atoms with van der Waals surface area (Å²) in [7, 11) is 0. The number of carbonyl (C=O) groups excluding carboxylic acids is 1. The highest BCUT2D eigenvalue weighted by Gasteiger charge is 2.02. The summed E-state index contributed by atoms with van der Waals surface area (Å²) in [6, 6.07) is 6.26. The lowest BCUT2D eigenvalue weighted by atomic mass is 10.3. The number of hydrogen-bond donors (Lipinski definition) is 2. The lowest BCUT2D eigenvalue weighted by Crippen LogP contribution is -2.14. The molecule has 0 saturated carbocycles. The van der Waals surface area contributed by atoms with E-state index in [9.17, 15) is 4.79 Å². The second-order valence-corrected chi connectivity index (χ2v) is 3.29. The van der Waals surface area contributed by atoms with Gasteiger partial charge in [0.15, 0.2) is 0 Å². The molecule has 0 aliphatic carbocycles. The number of phenolic OH excluding ortho intramolecular Hbond substituents is 1. The molecule has 76 valence electrons. The van der Waals surface area contributed by atoms with Gasteiger partial charge in [-0.05, 0) is 12.1 Å². The Morgan fingerprint density at radius 2 is 2.36 bits per heavy atom. The second kappa shape index (κ2) is 5.49. The van der Waals surface area contributed by atoms with E-state index in [0.717, 1.165) is 0 Å². The van der Waals surface area contributed by atoms with Gasteiger partial charge in [-0.2, -0.15) is 0 Å². The smallest absolute Gasteiger partial charge is 0.411 e. The van der Waals surface area contributed by atoms with Gasteiger partial charge in [0.05, 0.1) is 0 Å². The van der Waals surface area contributed by atoms with Gasteiger partial charge >= 0.3 is 6.09 Å². The van der Waals surface area contributed by atoms with E-state index in [2.05, 4.69) is 21.2 Å². The van der Waals surface area contributed by atoms with Crippen molar-refractivity contribution in [2.75, 3.05) is 17.3 Å². The summed E-state index contributed by atoms with van der Waals surface area (Å²) in [5, 5.41) is 12.2. The molecule has 1 aromatic rings. The molecule has 0 aliphatic rings. The van der Waals surface area contributed by atoms with Crippen LogP contribution in [0.3, 0.4) is 0 Å². The van der Waals surface area contributed by atoms with Gasteiger partial charge in [-0.25, -0.2) is 4.79 Å². The second-order valence-electron chi connectivity index (χ2n) is 2.50. The van der Waals surface area contributed by atoms with Crippen LogP contribution in [0, 0.1) is 0 Å². The standard InChI is InChI=1S/C9H10BrNO3/c10-4-5-14-9(13)11-7-2-1-3-8(12)6-7/h1-3,6,12H,4-5H2,(H,11,13). The molecule has 0 unspecified atom stereocenters. The number of carbonyl (C=O) groups is 1. The number of amides is 1. The Morgan fingerprint density at radius 1 is 1.57 bits per heavy atom. The van der Waals surface area contributed by atoms with E-state index >= 15 is 0 Å². The van der Waals surface area contributed by atoms with Crippen LogP contribution in [0.1, 0.15) is 0 Å². The van der Waals surface area contributed by atoms with Gasteiger partial charge in [0.2, 0.25) is 0 Å². The maximum absolute atomic E-state index is 11.0. The molecule has 1 rings (SSSR count). The Hall–Kier alpha value is -1.23. The fraction of sp³-hybridized carbons (Fsp3) is 0.222. The summed E-state index contributed by atoms with van der Waals surface area (Å²) < 4.78 is 4.76. The van der Waals surface area contributed by atoms with Crippen LogP contribution in [0.25, 0.3) is 0 Å². The highest BCUT2D eigenvalue weighted by atomic mass is 79.9. The molecule has 0 spiro atoms. The zero-order chi connectivity index (χ0) is 10.4. The van der Waals surface area contributed by atoms with Crippen molar-refractivity contribution in [3.63, 3.8) is 0 Å². The average Bonchev–Trinajstić information content (AvgIpc) is 2.15. The minimum Gasteiger partial charge on any atom is -0.508 e. The number of aromatic hydroxyl groups is 1. The van der Waals surface area contributed by atoms with E-state index in [-0.39, 0.29) is 5.75 Å².